The zero-order valence-electron chi connectivity index (χ0n) is 34.2. The van der Waals surface area contributed by atoms with Crippen LogP contribution < -0.4 is 4.90 Å². The number of hydrogen-bond donors (Lipinski definition) is 0. The Balaban J connectivity index is 1.09. The number of para-hydroxylation sites is 2. The molecule has 55 heavy (non-hydrogen) atoms. The Morgan fingerprint density at radius 3 is 1.67 bits per heavy atom. The standard InChI is InChI=1S/C50H31N3S2/c1-2-10-42-32(8-1)16-17-33-9-7-11-43(48(33)42)38-19-18-37-31-41(29-24-36(37)30-38)53(39-25-20-34(21-26-39)49-51-44-12-3-5-14-46(44)54-49)40-27-22-35(23-28-40)50-52-45-13-4-6-15-47(45)55-50/h1-31H/i18D,24D,29D,30D,31D. The minimum Gasteiger partial charge on any atom is -0.310 e. The van der Waals surface area contributed by atoms with Crippen LogP contribution in [0.3, 0.4) is 0 Å². The smallest absolute Gasteiger partial charge is 0.124 e. The van der Waals surface area contributed by atoms with Crippen LogP contribution in [0.15, 0.2) is 188 Å². The molecule has 0 saturated carbocycles. The van der Waals surface area contributed by atoms with E-state index in [1.54, 1.807) is 28.7 Å². The quantitative estimate of drug-likeness (QED) is 0.159. The van der Waals surface area contributed by atoms with Gasteiger partial charge in [-0.2, -0.15) is 0 Å². The largest absolute Gasteiger partial charge is 0.310 e. The molecular weight excluding hydrogens is 707 g/mol. The number of anilines is 3. The summed E-state index contributed by atoms with van der Waals surface area (Å²) in [6.45, 7) is 0. The zero-order chi connectivity index (χ0) is 40.6. The lowest BCUT2D eigenvalue weighted by atomic mass is 9.92. The molecule has 0 aliphatic carbocycles. The van der Waals surface area contributed by atoms with Crippen LogP contribution in [-0.4, -0.2) is 9.97 Å². The van der Waals surface area contributed by atoms with Crippen molar-refractivity contribution in [3.63, 3.8) is 0 Å². The van der Waals surface area contributed by atoms with Crippen LogP contribution in [-0.2, 0) is 0 Å². The van der Waals surface area contributed by atoms with Gasteiger partial charge in [0, 0.05) is 28.2 Å². The first-order valence-corrected chi connectivity index (χ1v) is 19.6. The minimum absolute atomic E-state index is 0.0188. The summed E-state index contributed by atoms with van der Waals surface area (Å²) in [5.74, 6) is 0. The lowest BCUT2D eigenvalue weighted by molar-refractivity contribution is 1.29. The van der Waals surface area contributed by atoms with Crippen LogP contribution in [0.5, 0.6) is 0 Å². The first-order chi connectivity index (χ1) is 29.3. The fourth-order valence-corrected chi connectivity index (χ4v) is 9.30. The van der Waals surface area contributed by atoms with E-state index in [0.29, 0.717) is 16.9 Å². The van der Waals surface area contributed by atoms with E-state index in [0.717, 1.165) is 68.7 Å². The highest BCUT2D eigenvalue weighted by molar-refractivity contribution is 7.22. The van der Waals surface area contributed by atoms with Gasteiger partial charge < -0.3 is 4.90 Å². The average Bonchev–Trinajstić information content (AvgIpc) is 3.93. The van der Waals surface area contributed by atoms with Crippen molar-refractivity contribution >= 4 is 92.5 Å². The molecule has 0 amide bonds. The Kier molecular flexibility index (Phi) is 6.40. The average molecular weight is 743 g/mol. The van der Waals surface area contributed by atoms with Gasteiger partial charge in [-0.15, -0.1) is 22.7 Å². The number of fused-ring (bicyclic) bond motifs is 6. The predicted molar refractivity (Wildman–Crippen MR) is 236 cm³/mol. The molecule has 0 saturated heterocycles. The second kappa shape index (κ2) is 13.0. The molecule has 0 spiro atoms. The maximum atomic E-state index is 9.77. The second-order valence-electron chi connectivity index (χ2n) is 13.4. The van der Waals surface area contributed by atoms with Gasteiger partial charge in [-0.1, -0.05) is 97.0 Å². The molecule has 0 atom stereocenters. The molecule has 11 rings (SSSR count). The van der Waals surface area contributed by atoms with Crippen LogP contribution in [0.2, 0.25) is 0 Å². The molecule has 2 heterocycles. The molecule has 0 fully saturated rings. The Morgan fingerprint density at radius 2 is 1.00 bits per heavy atom. The van der Waals surface area contributed by atoms with Crippen LogP contribution in [0.25, 0.3) is 85.0 Å². The van der Waals surface area contributed by atoms with Crippen molar-refractivity contribution in [3.8, 4) is 32.3 Å². The Labute approximate surface area is 333 Å². The van der Waals surface area contributed by atoms with Gasteiger partial charge in [0.2, 0.25) is 0 Å². The van der Waals surface area contributed by atoms with E-state index in [1.165, 1.54) is 0 Å². The summed E-state index contributed by atoms with van der Waals surface area (Å²) >= 11 is 3.23. The van der Waals surface area contributed by atoms with Crippen LogP contribution >= 0.6 is 22.7 Å². The van der Waals surface area contributed by atoms with Gasteiger partial charge in [-0.05, 0) is 134 Å². The maximum Gasteiger partial charge on any atom is 0.124 e. The molecule has 3 nitrogen and oxygen atoms in total. The van der Waals surface area contributed by atoms with Gasteiger partial charge >= 0.3 is 0 Å². The minimum atomic E-state index is -0.205. The molecule has 2 aromatic heterocycles. The molecule has 9 aromatic carbocycles. The monoisotopic (exact) mass is 742 g/mol. The van der Waals surface area contributed by atoms with E-state index in [1.807, 2.05) is 120 Å². The van der Waals surface area contributed by atoms with Gasteiger partial charge in [0.05, 0.1) is 27.3 Å². The third-order valence-corrected chi connectivity index (χ3v) is 12.2. The lowest BCUT2D eigenvalue weighted by Crippen LogP contribution is -2.09. The first kappa shape index (κ1) is 27.0. The summed E-state index contributed by atoms with van der Waals surface area (Å²) < 4.78 is 50.1. The van der Waals surface area contributed by atoms with Crippen LogP contribution in [0, 0.1) is 0 Å². The number of aromatic nitrogens is 2. The molecule has 11 aromatic rings. The van der Waals surface area contributed by atoms with E-state index >= 15 is 0 Å². The SMILES string of the molecule is [2H]c1c(N(c2ccc(-c3nc4ccccc4s3)cc2)c2ccc(-c3nc4ccccc4s3)cc2)c([2H])c2c([2H])cc(-c3cccc4ccc5ccccc5c34)c([2H])c2c1[2H]. The molecule has 0 aliphatic heterocycles. The van der Waals surface area contributed by atoms with Gasteiger partial charge in [0.1, 0.15) is 10.0 Å². The van der Waals surface area contributed by atoms with Crippen LogP contribution in [0.1, 0.15) is 6.85 Å². The third kappa shape index (κ3) is 5.64. The number of benzene rings is 9. The molecule has 0 bridgehead atoms. The summed E-state index contributed by atoms with van der Waals surface area (Å²) in [5, 5.41) is 6.08. The van der Waals surface area contributed by atoms with Gasteiger partial charge in [0.25, 0.3) is 0 Å². The number of nitrogens with zero attached hydrogens (tertiary/aromatic N) is 3. The van der Waals surface area contributed by atoms with Gasteiger partial charge in [0.15, 0.2) is 0 Å². The first-order valence-electron chi connectivity index (χ1n) is 20.5. The van der Waals surface area contributed by atoms with Crippen molar-refractivity contribution in [3.05, 3.63) is 188 Å². The fraction of sp³-hybridized carbons (Fsp3) is 0. The van der Waals surface area contributed by atoms with Crippen molar-refractivity contribution in [2.45, 2.75) is 0 Å². The lowest BCUT2D eigenvalue weighted by Gasteiger charge is -2.26. The topological polar surface area (TPSA) is 29.0 Å². The highest BCUT2D eigenvalue weighted by Crippen LogP contribution is 2.41. The third-order valence-electron chi connectivity index (χ3n) is 10.0. The number of rotatable bonds is 6. The van der Waals surface area contributed by atoms with Crippen molar-refractivity contribution < 1.29 is 6.85 Å². The van der Waals surface area contributed by atoms with Crippen molar-refractivity contribution in [1.29, 1.82) is 0 Å². The maximum absolute atomic E-state index is 9.77. The predicted octanol–water partition coefficient (Wildman–Crippen LogP) is 14.8. The number of hydrogen-bond acceptors (Lipinski definition) is 5. The van der Waals surface area contributed by atoms with Crippen molar-refractivity contribution in [2.75, 3.05) is 4.90 Å². The van der Waals surface area contributed by atoms with Crippen LogP contribution in [0.4, 0.5) is 17.1 Å². The van der Waals surface area contributed by atoms with Crippen molar-refractivity contribution in [2.24, 2.45) is 0 Å². The van der Waals surface area contributed by atoms with E-state index < -0.39 is 0 Å². The zero-order valence-corrected chi connectivity index (χ0v) is 30.8. The van der Waals surface area contributed by atoms with Gasteiger partial charge in [-0.25, -0.2) is 9.97 Å². The Hall–Kier alpha value is -6.66. The van der Waals surface area contributed by atoms with E-state index in [2.05, 4.69) is 36.4 Å². The van der Waals surface area contributed by atoms with Crippen molar-refractivity contribution in [1.82, 2.24) is 9.97 Å². The molecule has 0 unspecified atom stereocenters. The summed E-state index contributed by atoms with van der Waals surface area (Å²) in [6.07, 6.45) is 0. The number of thiazole rings is 2. The highest BCUT2D eigenvalue weighted by Gasteiger charge is 2.16. The summed E-state index contributed by atoms with van der Waals surface area (Å²) in [6, 6.07) is 51.2. The van der Waals surface area contributed by atoms with E-state index in [4.69, 9.17) is 9.97 Å². The summed E-state index contributed by atoms with van der Waals surface area (Å²) in [4.78, 5) is 11.5. The molecular formula is C50H31N3S2. The molecule has 0 radical (unpaired) electrons. The molecule has 0 N–H and O–H groups in total. The molecule has 0 aliphatic rings. The Morgan fingerprint density at radius 1 is 0.418 bits per heavy atom. The normalized spacial score (nSPS) is 12.9. The van der Waals surface area contributed by atoms with Gasteiger partial charge in [-0.3, -0.25) is 0 Å². The van der Waals surface area contributed by atoms with E-state index in [-0.39, 0.29) is 46.7 Å². The second-order valence-corrected chi connectivity index (χ2v) is 15.5. The summed E-state index contributed by atoms with van der Waals surface area (Å²) in [7, 11) is 0. The highest BCUT2D eigenvalue weighted by atomic mass is 32.1. The Bertz CT molecular complexity index is 3320. The fourth-order valence-electron chi connectivity index (χ4n) is 7.36. The van der Waals surface area contributed by atoms with E-state index in [9.17, 15) is 6.85 Å². The molecule has 258 valence electrons. The molecule has 5 heteroatoms. The summed E-state index contributed by atoms with van der Waals surface area (Å²) in [5.41, 5.74) is 6.50.